The van der Waals surface area contributed by atoms with Crippen LogP contribution in [0.25, 0.3) is 10.9 Å². The van der Waals surface area contributed by atoms with E-state index in [1.54, 1.807) is 18.3 Å². The highest BCUT2D eigenvalue weighted by Gasteiger charge is 2.05. The number of nitrogens with zero attached hydrogens (tertiary/aromatic N) is 1. The molecule has 0 amide bonds. The molecule has 21 heavy (non-hydrogen) atoms. The van der Waals surface area contributed by atoms with Gasteiger partial charge in [0.2, 0.25) is 0 Å². The molecule has 0 saturated carbocycles. The Labute approximate surface area is 127 Å². The second kappa shape index (κ2) is 6.10. The van der Waals surface area contributed by atoms with E-state index in [0.717, 1.165) is 22.0 Å². The Morgan fingerprint density at radius 1 is 1.05 bits per heavy atom. The molecule has 0 fully saturated rings. The molecule has 0 bridgehead atoms. The Kier molecular flexibility index (Phi) is 4.02. The molecule has 1 aromatic heterocycles. The molecule has 1 heterocycles. The molecule has 2 nitrogen and oxygen atoms in total. The van der Waals surface area contributed by atoms with E-state index in [0.29, 0.717) is 6.61 Å². The van der Waals surface area contributed by atoms with Crippen LogP contribution in [0.1, 0.15) is 11.1 Å². The van der Waals surface area contributed by atoms with Gasteiger partial charge in [0.1, 0.15) is 6.61 Å². The summed E-state index contributed by atoms with van der Waals surface area (Å²) in [7, 11) is 0. The van der Waals surface area contributed by atoms with Crippen molar-refractivity contribution in [2.45, 2.75) is 12.5 Å². The van der Waals surface area contributed by atoms with Crippen LogP contribution in [-0.2, 0) is 12.5 Å². The van der Waals surface area contributed by atoms with Crippen LogP contribution in [-0.4, -0.2) is 4.98 Å². The number of hydrogen-bond acceptors (Lipinski definition) is 2. The zero-order chi connectivity index (χ0) is 14.7. The summed E-state index contributed by atoms with van der Waals surface area (Å²) in [5, 5.41) is 1.04. The third kappa shape index (κ3) is 3.14. The van der Waals surface area contributed by atoms with E-state index in [1.807, 2.05) is 30.3 Å². The fourth-order valence-corrected chi connectivity index (χ4v) is 2.29. The first kappa shape index (κ1) is 13.8. The Morgan fingerprint density at radius 3 is 2.71 bits per heavy atom. The van der Waals surface area contributed by atoms with Gasteiger partial charge in [0.15, 0.2) is 11.6 Å². The van der Waals surface area contributed by atoms with Gasteiger partial charge in [0.25, 0.3) is 0 Å². The molecule has 4 heteroatoms. The highest BCUT2D eigenvalue weighted by atomic mass is 35.5. The van der Waals surface area contributed by atoms with Crippen LogP contribution in [0.3, 0.4) is 0 Å². The molecule has 0 aliphatic heterocycles. The largest absolute Gasteiger partial charge is 0.486 e. The summed E-state index contributed by atoms with van der Waals surface area (Å²) >= 11 is 5.67. The van der Waals surface area contributed by atoms with E-state index in [1.165, 1.54) is 6.07 Å². The standard InChI is InChI=1S/C17H13ClFNO/c18-10-12-4-6-17(15(19)9-12)21-11-13-3-5-16-14(8-13)2-1-7-20-16/h1-9H,10-11H2. The Bertz CT molecular complexity index is 776. The van der Waals surface area contributed by atoms with Crippen LogP contribution in [0.2, 0.25) is 0 Å². The van der Waals surface area contributed by atoms with Gasteiger partial charge in [-0.1, -0.05) is 18.2 Å². The Morgan fingerprint density at radius 2 is 1.90 bits per heavy atom. The van der Waals surface area contributed by atoms with Crippen LogP contribution >= 0.6 is 11.6 Å². The monoisotopic (exact) mass is 301 g/mol. The van der Waals surface area contributed by atoms with Crippen molar-refractivity contribution in [3.05, 3.63) is 71.7 Å². The van der Waals surface area contributed by atoms with Gasteiger partial charge in [0.05, 0.1) is 5.52 Å². The van der Waals surface area contributed by atoms with E-state index in [-0.39, 0.29) is 11.6 Å². The number of benzene rings is 2. The first-order valence-corrected chi connectivity index (χ1v) is 7.10. The quantitative estimate of drug-likeness (QED) is 0.652. The summed E-state index contributed by atoms with van der Waals surface area (Å²) in [6, 6.07) is 14.5. The number of alkyl halides is 1. The van der Waals surface area contributed by atoms with E-state index >= 15 is 0 Å². The van der Waals surface area contributed by atoms with Crippen molar-refractivity contribution >= 4 is 22.5 Å². The number of fused-ring (bicyclic) bond motifs is 1. The molecule has 0 atom stereocenters. The van der Waals surface area contributed by atoms with Gasteiger partial charge in [-0.15, -0.1) is 11.6 Å². The third-order valence-electron chi connectivity index (χ3n) is 3.21. The number of pyridine rings is 1. The van der Waals surface area contributed by atoms with Crippen molar-refractivity contribution in [2.75, 3.05) is 0 Å². The average Bonchev–Trinajstić information content (AvgIpc) is 2.53. The summed E-state index contributed by atoms with van der Waals surface area (Å²) < 4.78 is 19.3. The molecule has 0 aliphatic carbocycles. The highest BCUT2D eigenvalue weighted by Crippen LogP contribution is 2.21. The summed E-state index contributed by atoms with van der Waals surface area (Å²) in [5.41, 5.74) is 2.63. The lowest BCUT2D eigenvalue weighted by atomic mass is 10.1. The van der Waals surface area contributed by atoms with Crippen LogP contribution < -0.4 is 4.74 Å². The fraction of sp³-hybridized carbons (Fsp3) is 0.118. The summed E-state index contributed by atoms with van der Waals surface area (Å²) in [6.45, 7) is 0.308. The Hall–Kier alpha value is -2.13. The van der Waals surface area contributed by atoms with Crippen molar-refractivity contribution in [2.24, 2.45) is 0 Å². The number of hydrogen-bond donors (Lipinski definition) is 0. The smallest absolute Gasteiger partial charge is 0.165 e. The zero-order valence-corrected chi connectivity index (χ0v) is 12.0. The normalized spacial score (nSPS) is 10.8. The van der Waals surface area contributed by atoms with Gasteiger partial charge < -0.3 is 4.74 Å². The van der Waals surface area contributed by atoms with Gasteiger partial charge in [-0.05, 0) is 41.5 Å². The summed E-state index contributed by atoms with van der Waals surface area (Å²) in [6.07, 6.45) is 1.76. The maximum atomic E-state index is 13.8. The van der Waals surface area contributed by atoms with E-state index in [4.69, 9.17) is 16.3 Å². The van der Waals surface area contributed by atoms with Crippen LogP contribution in [0.4, 0.5) is 4.39 Å². The molecule has 0 aliphatic rings. The van der Waals surface area contributed by atoms with Crippen LogP contribution in [0.15, 0.2) is 54.7 Å². The number of ether oxygens (including phenoxy) is 1. The third-order valence-corrected chi connectivity index (χ3v) is 3.52. The van der Waals surface area contributed by atoms with Gasteiger partial charge in [0, 0.05) is 17.5 Å². The van der Waals surface area contributed by atoms with E-state index in [9.17, 15) is 4.39 Å². The minimum absolute atomic E-state index is 0.232. The van der Waals surface area contributed by atoms with Gasteiger partial charge in [-0.25, -0.2) is 4.39 Å². The van der Waals surface area contributed by atoms with Gasteiger partial charge in [-0.3, -0.25) is 4.98 Å². The lowest BCUT2D eigenvalue weighted by Crippen LogP contribution is -1.98. The van der Waals surface area contributed by atoms with Crippen molar-refractivity contribution in [3.8, 4) is 5.75 Å². The van der Waals surface area contributed by atoms with Crippen molar-refractivity contribution in [1.82, 2.24) is 4.98 Å². The maximum absolute atomic E-state index is 13.8. The van der Waals surface area contributed by atoms with Gasteiger partial charge in [-0.2, -0.15) is 0 Å². The fourth-order valence-electron chi connectivity index (χ4n) is 2.12. The minimum Gasteiger partial charge on any atom is -0.486 e. The predicted octanol–water partition coefficient (Wildman–Crippen LogP) is 4.69. The molecule has 2 aromatic carbocycles. The molecule has 3 rings (SSSR count). The Balaban J connectivity index is 1.77. The minimum atomic E-state index is -0.393. The average molecular weight is 302 g/mol. The molecule has 0 spiro atoms. The summed E-state index contributed by atoms with van der Waals surface area (Å²) in [5.74, 6) is 0.125. The molecule has 0 saturated heterocycles. The topological polar surface area (TPSA) is 22.1 Å². The maximum Gasteiger partial charge on any atom is 0.165 e. The van der Waals surface area contributed by atoms with Crippen LogP contribution in [0, 0.1) is 5.82 Å². The van der Waals surface area contributed by atoms with Crippen molar-refractivity contribution < 1.29 is 9.13 Å². The van der Waals surface area contributed by atoms with Crippen molar-refractivity contribution in [1.29, 1.82) is 0 Å². The lowest BCUT2D eigenvalue weighted by Gasteiger charge is -2.09. The number of halogens is 2. The van der Waals surface area contributed by atoms with E-state index < -0.39 is 5.82 Å². The SMILES string of the molecule is Fc1cc(CCl)ccc1OCc1ccc2ncccc2c1. The zero-order valence-electron chi connectivity index (χ0n) is 11.2. The molecule has 3 aromatic rings. The second-order valence-electron chi connectivity index (χ2n) is 4.72. The predicted molar refractivity (Wildman–Crippen MR) is 82.0 cm³/mol. The summed E-state index contributed by atoms with van der Waals surface area (Å²) in [4.78, 5) is 4.26. The molecule has 0 unspecified atom stereocenters. The number of rotatable bonds is 4. The van der Waals surface area contributed by atoms with Crippen LogP contribution in [0.5, 0.6) is 5.75 Å². The molecular weight excluding hydrogens is 289 g/mol. The first-order valence-electron chi connectivity index (χ1n) is 6.57. The lowest BCUT2D eigenvalue weighted by molar-refractivity contribution is 0.290. The molecule has 0 N–H and O–H groups in total. The first-order chi connectivity index (χ1) is 10.3. The molecule has 0 radical (unpaired) electrons. The molecular formula is C17H13ClFNO. The highest BCUT2D eigenvalue weighted by molar-refractivity contribution is 6.17. The second-order valence-corrected chi connectivity index (χ2v) is 4.98. The number of aromatic nitrogens is 1. The molecule has 106 valence electrons. The van der Waals surface area contributed by atoms with E-state index in [2.05, 4.69) is 4.98 Å². The van der Waals surface area contributed by atoms with Gasteiger partial charge >= 0.3 is 0 Å². The van der Waals surface area contributed by atoms with Crippen molar-refractivity contribution in [3.63, 3.8) is 0 Å².